The quantitative estimate of drug-likeness (QED) is 0.492. The summed E-state index contributed by atoms with van der Waals surface area (Å²) >= 11 is 1.68. The van der Waals surface area contributed by atoms with E-state index in [2.05, 4.69) is 41.3 Å². The Bertz CT molecular complexity index is 830. The van der Waals surface area contributed by atoms with E-state index in [9.17, 15) is 9.90 Å². The van der Waals surface area contributed by atoms with Crippen LogP contribution in [-0.4, -0.2) is 47.3 Å². The number of nitrogens with one attached hydrogen (secondary N) is 1. The van der Waals surface area contributed by atoms with E-state index < -0.39 is 18.2 Å². The van der Waals surface area contributed by atoms with Crippen molar-refractivity contribution >= 4 is 18.0 Å². The maximum Gasteiger partial charge on any atom is 0.407 e. The monoisotopic (exact) mass is 426 g/mol. The number of fused-ring (bicyclic) bond motifs is 1. The average molecular weight is 427 g/mol. The minimum atomic E-state index is -0.744. The number of hydrogen-bond donors (Lipinski definition) is 2. The molecule has 0 bridgehead atoms. The summed E-state index contributed by atoms with van der Waals surface area (Å²) in [6.07, 6.45) is 1.78. The highest BCUT2D eigenvalue weighted by atomic mass is 32.2. The lowest BCUT2D eigenvalue weighted by atomic mass is 10.00. The predicted octanol–water partition coefficient (Wildman–Crippen LogP) is 4.07. The van der Waals surface area contributed by atoms with Crippen LogP contribution in [-0.2, 0) is 17.6 Å². The van der Waals surface area contributed by atoms with Gasteiger partial charge in [0.2, 0.25) is 0 Å². The standard InChI is InChI=1S/C24H30N2O3S/c1-3-13-29-24(28)25-21(15-19-9-5-4-6-10-19)22(27)17-26-16-18(2)14-20-11-7-8-12-23(20)30-26/h3-12,18,21-22,27H,1,13-17H2,2H3,(H,25,28)/t18-,21+,22-/m1/s1. The Kier molecular flexibility index (Phi) is 8.37. The molecular formula is C24H30N2O3S. The van der Waals surface area contributed by atoms with Gasteiger partial charge in [-0.3, -0.25) is 0 Å². The number of nitrogens with zero attached hydrogens (tertiary/aromatic N) is 1. The number of amides is 1. The van der Waals surface area contributed by atoms with Crippen LogP contribution in [0.2, 0.25) is 0 Å². The van der Waals surface area contributed by atoms with Crippen LogP contribution >= 0.6 is 11.9 Å². The number of aliphatic hydroxyl groups excluding tert-OH is 1. The Labute approximate surface area is 183 Å². The van der Waals surface area contributed by atoms with Gasteiger partial charge < -0.3 is 15.2 Å². The topological polar surface area (TPSA) is 61.8 Å². The fourth-order valence-electron chi connectivity index (χ4n) is 3.65. The van der Waals surface area contributed by atoms with Crippen molar-refractivity contribution in [2.45, 2.75) is 36.8 Å². The zero-order valence-corrected chi connectivity index (χ0v) is 18.2. The Morgan fingerprint density at radius 1 is 1.30 bits per heavy atom. The highest BCUT2D eigenvalue weighted by molar-refractivity contribution is 7.97. The first-order valence-electron chi connectivity index (χ1n) is 10.3. The molecule has 2 aromatic rings. The van der Waals surface area contributed by atoms with Crippen LogP contribution in [0.25, 0.3) is 0 Å². The number of hydrogen-bond acceptors (Lipinski definition) is 5. The molecule has 3 rings (SSSR count). The highest BCUT2D eigenvalue weighted by Crippen LogP contribution is 2.32. The Morgan fingerprint density at radius 2 is 2.03 bits per heavy atom. The van der Waals surface area contributed by atoms with Crippen molar-refractivity contribution in [3.05, 3.63) is 78.4 Å². The third-order valence-corrected chi connectivity index (χ3v) is 6.22. The molecule has 0 spiro atoms. The maximum absolute atomic E-state index is 12.2. The van der Waals surface area contributed by atoms with E-state index in [0.29, 0.717) is 18.9 Å². The number of rotatable bonds is 8. The minimum absolute atomic E-state index is 0.135. The molecule has 1 aliphatic heterocycles. The molecule has 2 N–H and O–H groups in total. The van der Waals surface area contributed by atoms with Crippen molar-refractivity contribution in [3.8, 4) is 0 Å². The van der Waals surface area contributed by atoms with E-state index in [1.165, 1.54) is 16.5 Å². The van der Waals surface area contributed by atoms with Gasteiger partial charge in [-0.05, 0) is 47.9 Å². The summed E-state index contributed by atoms with van der Waals surface area (Å²) in [6.45, 7) is 7.25. The highest BCUT2D eigenvalue weighted by Gasteiger charge is 2.27. The van der Waals surface area contributed by atoms with Gasteiger partial charge in [-0.15, -0.1) is 0 Å². The van der Waals surface area contributed by atoms with Crippen LogP contribution in [0, 0.1) is 5.92 Å². The van der Waals surface area contributed by atoms with Crippen LogP contribution in [0.5, 0.6) is 0 Å². The normalized spacial score (nSPS) is 18.5. The van der Waals surface area contributed by atoms with Gasteiger partial charge in [-0.2, -0.15) is 0 Å². The second kappa shape index (κ2) is 11.2. The molecule has 5 nitrogen and oxygen atoms in total. The van der Waals surface area contributed by atoms with Gasteiger partial charge >= 0.3 is 6.09 Å². The van der Waals surface area contributed by atoms with Crippen molar-refractivity contribution in [1.82, 2.24) is 9.62 Å². The van der Waals surface area contributed by atoms with Gasteiger partial charge in [0.15, 0.2) is 0 Å². The summed E-state index contributed by atoms with van der Waals surface area (Å²) in [5.41, 5.74) is 2.40. The first-order chi connectivity index (χ1) is 14.5. The smallest absolute Gasteiger partial charge is 0.407 e. The summed E-state index contributed by atoms with van der Waals surface area (Å²) in [5, 5.41) is 13.9. The van der Waals surface area contributed by atoms with Crippen LogP contribution in [0.4, 0.5) is 4.79 Å². The molecule has 0 fully saturated rings. The fraction of sp³-hybridized carbons (Fsp3) is 0.375. The largest absolute Gasteiger partial charge is 0.445 e. The van der Waals surface area contributed by atoms with E-state index >= 15 is 0 Å². The second-order valence-electron chi connectivity index (χ2n) is 7.75. The van der Waals surface area contributed by atoms with Gasteiger partial charge in [-0.25, -0.2) is 9.10 Å². The van der Waals surface area contributed by atoms with Crippen LogP contribution < -0.4 is 5.32 Å². The van der Waals surface area contributed by atoms with E-state index in [-0.39, 0.29) is 6.61 Å². The summed E-state index contributed by atoms with van der Waals surface area (Å²) in [5.74, 6) is 0.478. The molecule has 0 unspecified atom stereocenters. The Morgan fingerprint density at radius 3 is 2.80 bits per heavy atom. The zero-order valence-electron chi connectivity index (χ0n) is 17.4. The van der Waals surface area contributed by atoms with E-state index in [0.717, 1.165) is 18.5 Å². The lowest BCUT2D eigenvalue weighted by Gasteiger charge is -2.29. The van der Waals surface area contributed by atoms with Crippen molar-refractivity contribution in [3.63, 3.8) is 0 Å². The lowest BCUT2D eigenvalue weighted by molar-refractivity contribution is 0.0940. The van der Waals surface area contributed by atoms with Crippen LogP contribution in [0.1, 0.15) is 18.1 Å². The molecule has 30 heavy (non-hydrogen) atoms. The van der Waals surface area contributed by atoms with Gasteiger partial charge in [0.1, 0.15) is 6.61 Å². The third-order valence-electron chi connectivity index (χ3n) is 5.07. The maximum atomic E-state index is 12.2. The van der Waals surface area contributed by atoms with E-state index in [1.54, 1.807) is 11.9 Å². The van der Waals surface area contributed by atoms with Gasteiger partial charge in [0.05, 0.1) is 12.1 Å². The summed E-state index contributed by atoms with van der Waals surface area (Å²) in [6, 6.07) is 17.8. The minimum Gasteiger partial charge on any atom is -0.445 e. The molecule has 3 atom stereocenters. The number of ether oxygens (including phenoxy) is 1. The first-order valence-corrected chi connectivity index (χ1v) is 11.1. The van der Waals surface area contributed by atoms with Crippen LogP contribution in [0.15, 0.2) is 72.1 Å². The second-order valence-corrected chi connectivity index (χ2v) is 8.89. The molecule has 0 saturated heterocycles. The van der Waals surface area contributed by atoms with Crippen molar-refractivity contribution < 1.29 is 14.6 Å². The lowest BCUT2D eigenvalue weighted by Crippen LogP contribution is -2.49. The molecule has 0 radical (unpaired) electrons. The van der Waals surface area contributed by atoms with Gasteiger partial charge in [0, 0.05) is 18.0 Å². The molecule has 1 aliphatic rings. The zero-order chi connectivity index (χ0) is 21.3. The summed E-state index contributed by atoms with van der Waals surface area (Å²) in [7, 11) is 0. The van der Waals surface area contributed by atoms with Crippen molar-refractivity contribution in [1.29, 1.82) is 0 Å². The number of carbonyl (C=O) groups excluding carboxylic acids is 1. The van der Waals surface area contributed by atoms with Gasteiger partial charge in [-0.1, -0.05) is 68.1 Å². The summed E-state index contributed by atoms with van der Waals surface area (Å²) < 4.78 is 7.29. The van der Waals surface area contributed by atoms with Crippen molar-refractivity contribution in [2.75, 3.05) is 19.7 Å². The summed E-state index contributed by atoms with van der Waals surface area (Å²) in [4.78, 5) is 13.4. The molecule has 160 valence electrons. The molecular weight excluding hydrogens is 396 g/mol. The first kappa shape index (κ1) is 22.4. The van der Waals surface area contributed by atoms with E-state index in [4.69, 9.17) is 4.74 Å². The molecule has 6 heteroatoms. The number of aliphatic hydroxyl groups is 1. The number of β-amino-alcohol motifs (C(OH)–C–C–N with tert-alkyl or cyclic N) is 1. The van der Waals surface area contributed by atoms with Gasteiger partial charge in [0.25, 0.3) is 0 Å². The molecule has 1 heterocycles. The molecule has 0 aromatic heterocycles. The number of carbonyl (C=O) groups is 1. The fourth-order valence-corrected chi connectivity index (χ4v) is 4.89. The van der Waals surface area contributed by atoms with Crippen LogP contribution in [0.3, 0.4) is 0 Å². The Hall–Kier alpha value is -2.28. The number of alkyl carbamates (subject to hydrolysis) is 1. The predicted molar refractivity (Wildman–Crippen MR) is 121 cm³/mol. The molecule has 0 saturated carbocycles. The average Bonchev–Trinajstić information content (AvgIpc) is 2.89. The van der Waals surface area contributed by atoms with E-state index in [1.807, 2.05) is 36.4 Å². The third kappa shape index (κ3) is 6.62. The molecule has 1 amide bonds. The molecule has 0 aliphatic carbocycles. The number of benzene rings is 2. The van der Waals surface area contributed by atoms with Crippen molar-refractivity contribution in [2.24, 2.45) is 5.92 Å². The SMILES string of the molecule is C=CCOC(=O)N[C@@H](Cc1ccccc1)[C@H](O)CN1C[C@H](C)Cc2ccccc2S1. The Balaban J connectivity index is 1.70. The molecule has 2 aromatic carbocycles.